The van der Waals surface area contributed by atoms with E-state index in [0.717, 1.165) is 33.3 Å². The molecule has 154 valence electrons. The summed E-state index contributed by atoms with van der Waals surface area (Å²) >= 11 is 3.42. The van der Waals surface area contributed by atoms with Gasteiger partial charge in [0.05, 0.1) is 0 Å². The predicted octanol–water partition coefficient (Wildman–Crippen LogP) is 5.52. The zero-order chi connectivity index (χ0) is 21.6. The van der Waals surface area contributed by atoms with Crippen molar-refractivity contribution in [3.8, 4) is 11.8 Å². The van der Waals surface area contributed by atoms with Gasteiger partial charge in [-0.2, -0.15) is 5.26 Å². The van der Waals surface area contributed by atoms with E-state index in [1.54, 1.807) is 11.0 Å². The monoisotopic (exact) mass is 472 g/mol. The second-order valence-electron chi connectivity index (χ2n) is 7.40. The molecule has 1 aliphatic heterocycles. The lowest BCUT2D eigenvalue weighted by atomic mass is 9.99. The number of halogens is 1. The third-order valence-corrected chi connectivity index (χ3v) is 5.81. The Bertz CT molecular complexity index is 1150. The molecule has 0 N–H and O–H groups in total. The molecule has 0 spiro atoms. The third kappa shape index (κ3) is 5.22. The second-order valence-corrected chi connectivity index (χ2v) is 8.32. The Kier molecular flexibility index (Phi) is 6.49. The molecule has 4 rings (SSSR count). The van der Waals surface area contributed by atoms with Crippen LogP contribution in [0.3, 0.4) is 0 Å². The first-order chi connectivity index (χ1) is 15.1. The van der Waals surface area contributed by atoms with Crippen LogP contribution in [0.2, 0.25) is 0 Å². The Morgan fingerprint density at radius 3 is 2.45 bits per heavy atom. The molecule has 0 saturated carbocycles. The number of hydrogen-bond donors (Lipinski definition) is 0. The Labute approximate surface area is 190 Å². The maximum Gasteiger partial charge on any atom is 0.264 e. The van der Waals surface area contributed by atoms with Gasteiger partial charge in [0.25, 0.3) is 5.91 Å². The fraction of sp³-hybridized carbons (Fsp3) is 0.154. The minimum atomic E-state index is -0.229. The highest BCUT2D eigenvalue weighted by Crippen LogP contribution is 2.21. The fourth-order valence-electron chi connectivity index (χ4n) is 3.56. The lowest BCUT2D eigenvalue weighted by Gasteiger charge is -2.28. The molecular weight excluding hydrogens is 452 g/mol. The molecule has 1 heterocycles. The first kappa shape index (κ1) is 20.9. The highest BCUT2D eigenvalue weighted by atomic mass is 79.9. The number of fused-ring (bicyclic) bond motifs is 1. The van der Waals surface area contributed by atoms with E-state index in [0.29, 0.717) is 19.7 Å². The van der Waals surface area contributed by atoms with Gasteiger partial charge in [-0.1, -0.05) is 64.5 Å². The number of benzene rings is 3. The average molecular weight is 473 g/mol. The molecule has 1 amide bonds. The van der Waals surface area contributed by atoms with Gasteiger partial charge in [0, 0.05) is 17.6 Å². The summed E-state index contributed by atoms with van der Waals surface area (Å²) in [7, 11) is 0. The first-order valence-electron chi connectivity index (χ1n) is 10.1. The van der Waals surface area contributed by atoms with Gasteiger partial charge in [-0.05, 0) is 59.0 Å². The summed E-state index contributed by atoms with van der Waals surface area (Å²) in [5.41, 5.74) is 4.42. The minimum Gasteiger partial charge on any atom is -0.489 e. The van der Waals surface area contributed by atoms with Gasteiger partial charge >= 0.3 is 0 Å². The molecule has 0 saturated heterocycles. The van der Waals surface area contributed by atoms with Crippen LogP contribution >= 0.6 is 15.9 Å². The van der Waals surface area contributed by atoms with Crippen LogP contribution in [-0.2, 0) is 24.4 Å². The molecule has 0 fully saturated rings. The smallest absolute Gasteiger partial charge is 0.264 e. The van der Waals surface area contributed by atoms with E-state index in [1.165, 1.54) is 5.56 Å². The van der Waals surface area contributed by atoms with Crippen molar-refractivity contribution in [1.82, 2.24) is 4.90 Å². The fourth-order valence-corrected chi connectivity index (χ4v) is 3.82. The maximum absolute atomic E-state index is 12.9. The summed E-state index contributed by atoms with van der Waals surface area (Å²) in [5.74, 6) is 0.505. The summed E-state index contributed by atoms with van der Waals surface area (Å²) in [4.78, 5) is 14.6. The molecule has 0 aromatic heterocycles. The van der Waals surface area contributed by atoms with Crippen LogP contribution < -0.4 is 4.74 Å². The normalized spacial score (nSPS) is 13.3. The molecule has 0 radical (unpaired) electrons. The van der Waals surface area contributed by atoms with E-state index >= 15 is 0 Å². The van der Waals surface area contributed by atoms with Gasteiger partial charge in [0.1, 0.15) is 24.0 Å². The number of carbonyl (C=O) groups is 1. The number of amides is 1. The zero-order valence-corrected chi connectivity index (χ0v) is 18.5. The molecule has 3 aromatic rings. The van der Waals surface area contributed by atoms with Gasteiger partial charge in [-0.25, -0.2) is 0 Å². The molecule has 0 bridgehead atoms. The number of ether oxygens (including phenoxy) is 1. The number of rotatable bonds is 5. The van der Waals surface area contributed by atoms with Gasteiger partial charge in [0.2, 0.25) is 0 Å². The lowest BCUT2D eigenvalue weighted by molar-refractivity contribution is -0.127. The van der Waals surface area contributed by atoms with E-state index in [2.05, 4.69) is 28.1 Å². The summed E-state index contributed by atoms with van der Waals surface area (Å²) in [6.07, 6.45) is 2.45. The second kappa shape index (κ2) is 9.63. The van der Waals surface area contributed by atoms with Crippen LogP contribution in [0.4, 0.5) is 0 Å². The van der Waals surface area contributed by atoms with Crippen LogP contribution in [-0.4, -0.2) is 17.4 Å². The Hall–Kier alpha value is -3.36. The van der Waals surface area contributed by atoms with Gasteiger partial charge < -0.3 is 9.64 Å². The number of nitriles is 1. The Balaban J connectivity index is 1.41. The summed E-state index contributed by atoms with van der Waals surface area (Å²) < 4.78 is 6.85. The van der Waals surface area contributed by atoms with E-state index in [4.69, 9.17) is 4.74 Å². The number of carbonyl (C=O) groups excluding carboxylic acids is 1. The largest absolute Gasteiger partial charge is 0.489 e. The summed E-state index contributed by atoms with van der Waals surface area (Å²) in [5, 5.41) is 9.57. The van der Waals surface area contributed by atoms with Crippen LogP contribution in [0.15, 0.2) is 82.8 Å². The van der Waals surface area contributed by atoms with Crippen molar-refractivity contribution in [3.05, 3.63) is 105 Å². The van der Waals surface area contributed by atoms with Gasteiger partial charge in [0.15, 0.2) is 0 Å². The third-order valence-electron chi connectivity index (χ3n) is 5.28. The summed E-state index contributed by atoms with van der Waals surface area (Å²) in [6, 6.07) is 25.6. The SMILES string of the molecule is N#CC(=Cc1ccc(OCc2ccc(Br)cc2)cc1)C(=O)N1CCc2ccccc2C1. The molecule has 0 unspecified atom stereocenters. The van der Waals surface area contributed by atoms with E-state index in [-0.39, 0.29) is 11.5 Å². The highest BCUT2D eigenvalue weighted by Gasteiger charge is 2.23. The lowest BCUT2D eigenvalue weighted by Crippen LogP contribution is -2.36. The van der Waals surface area contributed by atoms with Gasteiger partial charge in [-0.15, -0.1) is 0 Å². The first-order valence-corrected chi connectivity index (χ1v) is 10.9. The van der Waals surface area contributed by atoms with Crippen LogP contribution in [0.25, 0.3) is 6.08 Å². The molecular formula is C26H21BrN2O2. The molecule has 1 aliphatic rings. The zero-order valence-electron chi connectivity index (χ0n) is 16.9. The van der Waals surface area contributed by atoms with E-state index < -0.39 is 0 Å². The predicted molar refractivity (Wildman–Crippen MR) is 124 cm³/mol. The van der Waals surface area contributed by atoms with Crippen molar-refractivity contribution in [2.24, 2.45) is 0 Å². The van der Waals surface area contributed by atoms with Crippen molar-refractivity contribution in [3.63, 3.8) is 0 Å². The van der Waals surface area contributed by atoms with Crippen LogP contribution in [0, 0.1) is 11.3 Å². The molecule has 4 nitrogen and oxygen atoms in total. The highest BCUT2D eigenvalue weighted by molar-refractivity contribution is 9.10. The maximum atomic E-state index is 12.9. The quantitative estimate of drug-likeness (QED) is 0.362. The number of hydrogen-bond acceptors (Lipinski definition) is 3. The molecule has 31 heavy (non-hydrogen) atoms. The number of nitrogens with zero attached hydrogens (tertiary/aromatic N) is 2. The molecule has 0 aliphatic carbocycles. The van der Waals surface area contributed by atoms with Crippen molar-refractivity contribution >= 4 is 27.9 Å². The van der Waals surface area contributed by atoms with Crippen LogP contribution in [0.1, 0.15) is 22.3 Å². The van der Waals surface area contributed by atoms with Crippen molar-refractivity contribution < 1.29 is 9.53 Å². The topological polar surface area (TPSA) is 53.3 Å². The van der Waals surface area contributed by atoms with Crippen molar-refractivity contribution in [2.45, 2.75) is 19.6 Å². The molecule has 3 aromatic carbocycles. The minimum absolute atomic E-state index is 0.142. The van der Waals surface area contributed by atoms with Gasteiger partial charge in [-0.3, -0.25) is 4.79 Å². The molecule has 0 atom stereocenters. The summed E-state index contributed by atoms with van der Waals surface area (Å²) in [6.45, 7) is 1.63. The Morgan fingerprint density at radius 2 is 1.74 bits per heavy atom. The van der Waals surface area contributed by atoms with Crippen LogP contribution in [0.5, 0.6) is 5.75 Å². The molecule has 5 heteroatoms. The van der Waals surface area contributed by atoms with Crippen molar-refractivity contribution in [1.29, 1.82) is 5.26 Å². The standard InChI is InChI=1S/C26H21BrN2O2/c27-24-9-5-20(6-10-24)18-31-25-11-7-19(8-12-25)15-23(16-28)26(30)29-14-13-21-3-1-2-4-22(21)17-29/h1-12,15H,13-14,17-18H2. The van der Waals surface area contributed by atoms with E-state index in [1.807, 2.05) is 66.7 Å². The Morgan fingerprint density at radius 1 is 1.03 bits per heavy atom. The van der Waals surface area contributed by atoms with E-state index in [9.17, 15) is 10.1 Å². The average Bonchev–Trinajstić information content (AvgIpc) is 2.82. The van der Waals surface area contributed by atoms with Crippen molar-refractivity contribution in [2.75, 3.05) is 6.54 Å².